The van der Waals surface area contributed by atoms with Crippen LogP contribution in [0.5, 0.6) is 0 Å². The van der Waals surface area contributed by atoms with Crippen LogP contribution in [0.2, 0.25) is 0 Å². The molecule has 0 aliphatic heterocycles. The van der Waals surface area contributed by atoms with E-state index in [1.54, 1.807) is 24.3 Å². The first-order valence-corrected chi connectivity index (χ1v) is 26.7. The summed E-state index contributed by atoms with van der Waals surface area (Å²) in [7, 11) is 0. The van der Waals surface area contributed by atoms with Gasteiger partial charge in [0.2, 0.25) is 0 Å². The second kappa shape index (κ2) is 18.8. The molecule has 4 aromatic heterocycles. The van der Waals surface area contributed by atoms with Crippen LogP contribution in [0.15, 0.2) is 255 Å². The van der Waals surface area contributed by atoms with Crippen LogP contribution in [0.25, 0.3) is 139 Å². The Kier molecular flexibility index (Phi) is 10.8. The van der Waals surface area contributed by atoms with Gasteiger partial charge in [0.1, 0.15) is 0 Å². The molecule has 0 N–H and O–H groups in total. The van der Waals surface area contributed by atoms with E-state index >= 15 is 0 Å². The number of rotatable bonds is 8. The van der Waals surface area contributed by atoms with Gasteiger partial charge in [0.25, 0.3) is 0 Å². The van der Waals surface area contributed by atoms with Crippen LogP contribution in [0.3, 0.4) is 0 Å². The van der Waals surface area contributed by atoms with E-state index in [9.17, 15) is 15.8 Å². The summed E-state index contributed by atoms with van der Waals surface area (Å²) in [5.41, 5.74) is 19.3. The summed E-state index contributed by atoms with van der Waals surface area (Å²) in [4.78, 5) is 9.87. The van der Waals surface area contributed by atoms with Crippen molar-refractivity contribution in [3.05, 3.63) is 271 Å². The van der Waals surface area contributed by atoms with E-state index in [1.807, 2.05) is 48.5 Å². The zero-order chi connectivity index (χ0) is 54.1. The Hall–Kier alpha value is -11.6. The van der Waals surface area contributed by atoms with Crippen LogP contribution < -0.4 is 0 Å². The molecule has 11 aromatic carbocycles. The molecule has 0 fully saturated rings. The average molecular weight is 1030 g/mol. The fraction of sp³-hybridized carbons (Fsp3) is 0. The Morgan fingerprint density at radius 1 is 0.272 bits per heavy atom. The zero-order valence-corrected chi connectivity index (χ0v) is 43.3. The predicted octanol–water partition coefficient (Wildman–Crippen LogP) is 17.7. The van der Waals surface area contributed by atoms with Gasteiger partial charge in [-0.1, -0.05) is 133 Å². The van der Waals surface area contributed by atoms with Crippen LogP contribution in [0.1, 0.15) is 16.7 Å². The van der Waals surface area contributed by atoms with Gasteiger partial charge in [-0.25, -0.2) is 9.97 Å². The molecule has 374 valence electrons. The smallest absolute Gasteiger partial charge is 0.160 e. The fourth-order valence-corrected chi connectivity index (χ4v) is 11.9. The number of nitrogens with zero attached hydrogens (tertiary/aromatic N) is 8. The average Bonchev–Trinajstić information content (AvgIpc) is 4.24. The second-order valence-corrected chi connectivity index (χ2v) is 20.3. The molecule has 0 saturated heterocycles. The Balaban J connectivity index is 0.791. The monoisotopic (exact) mass is 1030 g/mol. The lowest BCUT2D eigenvalue weighted by molar-refractivity contribution is 1.16. The number of benzene rings is 11. The number of fused-ring (bicyclic) bond motifs is 9. The lowest BCUT2D eigenvalue weighted by atomic mass is 9.95. The number of nitriles is 3. The molecular weight excluding hydrogens is 989 g/mol. The molecule has 0 spiro atoms. The van der Waals surface area contributed by atoms with E-state index in [0.717, 1.165) is 77.8 Å². The molecule has 0 bridgehead atoms. The van der Waals surface area contributed by atoms with Crippen LogP contribution in [0.4, 0.5) is 0 Å². The summed E-state index contributed by atoms with van der Waals surface area (Å²) in [5, 5.41) is 36.7. The first kappa shape index (κ1) is 46.7. The molecule has 81 heavy (non-hydrogen) atoms. The maximum atomic E-state index is 10.6. The Morgan fingerprint density at radius 3 is 1.11 bits per heavy atom. The van der Waals surface area contributed by atoms with Gasteiger partial charge in [0.05, 0.1) is 79.4 Å². The molecule has 0 aliphatic carbocycles. The summed E-state index contributed by atoms with van der Waals surface area (Å²) >= 11 is 0. The minimum atomic E-state index is 0.479. The van der Waals surface area contributed by atoms with Crippen molar-refractivity contribution < 1.29 is 0 Å². The molecule has 4 heterocycles. The van der Waals surface area contributed by atoms with Crippen LogP contribution >= 0.6 is 0 Å². The minimum Gasteiger partial charge on any atom is -0.309 e. The molecule has 0 radical (unpaired) electrons. The van der Waals surface area contributed by atoms with Gasteiger partial charge < -0.3 is 13.7 Å². The summed E-state index contributed by atoms with van der Waals surface area (Å²) < 4.78 is 7.18. The number of aromatic nitrogens is 5. The van der Waals surface area contributed by atoms with Crippen LogP contribution in [0, 0.1) is 34.0 Å². The Bertz CT molecular complexity index is 4820. The normalized spacial score (nSPS) is 11.4. The number of para-hydroxylation sites is 4. The fourth-order valence-electron chi connectivity index (χ4n) is 11.9. The van der Waals surface area contributed by atoms with Crippen molar-refractivity contribution in [2.24, 2.45) is 0 Å². The maximum absolute atomic E-state index is 10.6. The van der Waals surface area contributed by atoms with Gasteiger partial charge >= 0.3 is 0 Å². The maximum Gasteiger partial charge on any atom is 0.160 e. The van der Waals surface area contributed by atoms with Crippen molar-refractivity contribution in [3.8, 4) is 91.4 Å². The van der Waals surface area contributed by atoms with Gasteiger partial charge in [-0.3, -0.25) is 0 Å². The number of hydrogen-bond donors (Lipinski definition) is 0. The molecule has 8 heteroatoms. The molecule has 15 aromatic rings. The lowest BCUT2D eigenvalue weighted by Gasteiger charge is -2.12. The third-order valence-electron chi connectivity index (χ3n) is 15.8. The summed E-state index contributed by atoms with van der Waals surface area (Å²) in [6.07, 6.45) is 0. The molecule has 8 nitrogen and oxygen atoms in total. The van der Waals surface area contributed by atoms with Crippen molar-refractivity contribution >= 4 is 65.4 Å². The van der Waals surface area contributed by atoms with Crippen molar-refractivity contribution in [2.75, 3.05) is 0 Å². The van der Waals surface area contributed by atoms with Crippen molar-refractivity contribution in [1.29, 1.82) is 15.8 Å². The lowest BCUT2D eigenvalue weighted by Crippen LogP contribution is -1.97. The van der Waals surface area contributed by atoms with Crippen LogP contribution in [-0.2, 0) is 0 Å². The largest absolute Gasteiger partial charge is 0.309 e. The van der Waals surface area contributed by atoms with Crippen molar-refractivity contribution in [1.82, 2.24) is 23.7 Å². The van der Waals surface area contributed by atoms with E-state index < -0.39 is 0 Å². The van der Waals surface area contributed by atoms with Crippen molar-refractivity contribution in [2.45, 2.75) is 0 Å². The van der Waals surface area contributed by atoms with Crippen LogP contribution in [-0.4, -0.2) is 23.7 Å². The Morgan fingerprint density at radius 2 is 0.642 bits per heavy atom. The summed E-state index contributed by atoms with van der Waals surface area (Å²) in [6.45, 7) is 0. The molecular formula is C73H42N8. The molecule has 0 unspecified atom stereocenters. The van der Waals surface area contributed by atoms with Crippen molar-refractivity contribution in [3.63, 3.8) is 0 Å². The zero-order valence-electron chi connectivity index (χ0n) is 43.3. The standard InChI is InChI=1S/C73H42N8/c74-43-46-17-21-51(22-18-46)65-42-66(78-73(77-65)52-23-19-47(44-75)20-24-52)53-31-36-58(54(39-53)45-76)50-27-25-48(26-28-50)49-29-32-55(33-30-49)79-71-37-34-56(80-67-13-5-1-9-59(67)60-10-2-6-14-68(60)80)40-63(71)64-41-57(35-38-72(64)79)81-69-15-7-3-11-61(69)62-12-4-8-16-70(62)81/h1-42H. The highest BCUT2D eigenvalue weighted by Gasteiger charge is 2.20. The molecule has 0 saturated carbocycles. The second-order valence-electron chi connectivity index (χ2n) is 20.3. The minimum absolute atomic E-state index is 0.479. The molecule has 0 atom stereocenters. The van der Waals surface area contributed by atoms with Gasteiger partial charge in [-0.15, -0.1) is 0 Å². The van der Waals surface area contributed by atoms with Gasteiger partial charge in [0.15, 0.2) is 5.82 Å². The first-order valence-electron chi connectivity index (χ1n) is 26.7. The molecule has 0 amide bonds. The van der Waals surface area contributed by atoms with Gasteiger partial charge in [-0.05, 0) is 144 Å². The highest BCUT2D eigenvalue weighted by molar-refractivity contribution is 6.14. The molecule has 0 aliphatic rings. The predicted molar refractivity (Wildman–Crippen MR) is 326 cm³/mol. The summed E-state index contributed by atoms with van der Waals surface area (Å²) in [5.74, 6) is 0.479. The topological polar surface area (TPSA) is 112 Å². The quantitative estimate of drug-likeness (QED) is 0.150. The van der Waals surface area contributed by atoms with E-state index in [1.165, 1.54) is 43.6 Å². The Labute approximate surface area is 465 Å². The molecule has 15 rings (SSSR count). The van der Waals surface area contributed by atoms with E-state index in [2.05, 4.69) is 214 Å². The first-order chi connectivity index (χ1) is 40.0. The third-order valence-corrected chi connectivity index (χ3v) is 15.8. The SMILES string of the molecule is N#Cc1ccc(-c2cc(-c3ccc(-c4ccc(-c5ccc(-n6c7ccc(-n8c9ccccc9c9ccccc98)cc7c7cc(-n8c9ccccc9c9ccccc98)ccc76)cc5)cc4)c(C#N)c3)nc(-c3ccc(C#N)cc3)n2)cc1. The third kappa shape index (κ3) is 7.73. The van der Waals surface area contributed by atoms with E-state index in [-0.39, 0.29) is 0 Å². The number of hydrogen-bond acceptors (Lipinski definition) is 5. The highest BCUT2D eigenvalue weighted by atomic mass is 15.0. The van der Waals surface area contributed by atoms with E-state index in [0.29, 0.717) is 33.9 Å². The summed E-state index contributed by atoms with van der Waals surface area (Å²) in [6, 6.07) is 94.6. The van der Waals surface area contributed by atoms with E-state index in [4.69, 9.17) is 9.97 Å². The van der Waals surface area contributed by atoms with Gasteiger partial charge in [0, 0.05) is 66.1 Å². The highest BCUT2D eigenvalue weighted by Crippen LogP contribution is 2.41. The van der Waals surface area contributed by atoms with Gasteiger partial charge in [-0.2, -0.15) is 15.8 Å².